The highest BCUT2D eigenvalue weighted by Crippen LogP contribution is 2.27. The Hall–Kier alpha value is -1.14. The molecule has 6 heteroatoms. The highest BCUT2D eigenvalue weighted by atomic mass is 79.9. The maximum atomic E-state index is 5.82. The zero-order valence-corrected chi connectivity index (χ0v) is 14.1. The molecule has 0 atom stereocenters. The van der Waals surface area contributed by atoms with Crippen molar-refractivity contribution in [3.63, 3.8) is 0 Å². The van der Waals surface area contributed by atoms with Crippen molar-refractivity contribution in [2.45, 2.75) is 39.8 Å². The second kappa shape index (κ2) is 7.04. The number of H-pyrrole nitrogens is 1. The normalized spacial score (nSPS) is 10.8. The molecule has 0 aliphatic carbocycles. The second-order valence-electron chi connectivity index (χ2n) is 4.49. The summed E-state index contributed by atoms with van der Waals surface area (Å²) in [5.74, 6) is 1.63. The smallest absolute Gasteiger partial charge is 0.195 e. The molecule has 0 spiro atoms. The zero-order chi connectivity index (χ0) is 14.5. The first kappa shape index (κ1) is 15.3. The molecule has 4 nitrogen and oxygen atoms in total. The van der Waals surface area contributed by atoms with Crippen LogP contribution in [0.4, 0.5) is 0 Å². The van der Waals surface area contributed by atoms with Gasteiger partial charge in [-0.1, -0.05) is 19.4 Å². The van der Waals surface area contributed by atoms with E-state index in [1.54, 1.807) is 0 Å². The standard InChI is InChI=1S/C14H18BrN3OS/c1-3-5-10-6-7-12(11(15)8-10)19-9-13-16-17-14(20)18(13)4-2/h6-8H,3-5,9H2,1-2H3,(H,17,20). The fourth-order valence-corrected chi connectivity index (χ4v) is 2.86. The van der Waals surface area contributed by atoms with Crippen LogP contribution in [0.5, 0.6) is 5.75 Å². The molecule has 1 aromatic heterocycles. The SMILES string of the molecule is CCCc1ccc(OCc2n[nH]c(=S)n2CC)c(Br)c1. The Morgan fingerprint density at radius 1 is 1.40 bits per heavy atom. The monoisotopic (exact) mass is 355 g/mol. The Morgan fingerprint density at radius 3 is 2.85 bits per heavy atom. The van der Waals surface area contributed by atoms with Crippen LogP contribution in [-0.4, -0.2) is 14.8 Å². The number of benzene rings is 1. The van der Waals surface area contributed by atoms with Crippen LogP contribution in [-0.2, 0) is 19.6 Å². The molecule has 20 heavy (non-hydrogen) atoms. The average molecular weight is 356 g/mol. The van der Waals surface area contributed by atoms with Gasteiger partial charge in [0.25, 0.3) is 0 Å². The molecule has 0 radical (unpaired) electrons. The van der Waals surface area contributed by atoms with Crippen LogP contribution >= 0.6 is 28.1 Å². The Kier molecular flexibility index (Phi) is 5.37. The number of aromatic amines is 1. The maximum Gasteiger partial charge on any atom is 0.195 e. The van der Waals surface area contributed by atoms with Crippen molar-refractivity contribution in [3.05, 3.63) is 38.8 Å². The molecule has 0 bridgehead atoms. The molecule has 1 aromatic carbocycles. The van der Waals surface area contributed by atoms with Crippen LogP contribution in [0.2, 0.25) is 0 Å². The van der Waals surface area contributed by atoms with E-state index in [0.29, 0.717) is 11.4 Å². The van der Waals surface area contributed by atoms with Gasteiger partial charge in [-0.3, -0.25) is 5.10 Å². The van der Waals surface area contributed by atoms with Gasteiger partial charge in [0.15, 0.2) is 10.6 Å². The molecular weight excluding hydrogens is 338 g/mol. The minimum absolute atomic E-state index is 0.396. The molecule has 0 saturated carbocycles. The lowest BCUT2D eigenvalue weighted by molar-refractivity contribution is 0.287. The van der Waals surface area contributed by atoms with E-state index < -0.39 is 0 Å². The zero-order valence-electron chi connectivity index (χ0n) is 11.6. The van der Waals surface area contributed by atoms with Crippen LogP contribution in [0.15, 0.2) is 22.7 Å². The summed E-state index contributed by atoms with van der Waals surface area (Å²) in [5, 5.41) is 6.97. The topological polar surface area (TPSA) is 42.8 Å². The Morgan fingerprint density at radius 2 is 2.20 bits per heavy atom. The Labute approximate surface area is 132 Å². The summed E-state index contributed by atoms with van der Waals surface area (Å²) in [6, 6.07) is 6.20. The minimum Gasteiger partial charge on any atom is -0.484 e. The predicted octanol–water partition coefficient (Wildman–Crippen LogP) is 4.25. The van der Waals surface area contributed by atoms with Gasteiger partial charge in [-0.2, -0.15) is 5.10 Å². The van der Waals surface area contributed by atoms with Gasteiger partial charge < -0.3 is 9.30 Å². The molecule has 2 rings (SSSR count). The van der Waals surface area contributed by atoms with E-state index in [1.165, 1.54) is 5.56 Å². The molecule has 2 aromatic rings. The van der Waals surface area contributed by atoms with Crippen molar-refractivity contribution in [2.75, 3.05) is 0 Å². The van der Waals surface area contributed by atoms with Crippen molar-refractivity contribution >= 4 is 28.1 Å². The number of nitrogens with one attached hydrogen (secondary N) is 1. The van der Waals surface area contributed by atoms with Crippen LogP contribution in [0, 0.1) is 4.77 Å². The van der Waals surface area contributed by atoms with Crippen LogP contribution < -0.4 is 4.74 Å². The lowest BCUT2D eigenvalue weighted by atomic mass is 10.1. The molecule has 0 amide bonds. The molecule has 1 heterocycles. The molecule has 0 aliphatic rings. The average Bonchev–Trinajstić information content (AvgIpc) is 2.78. The second-order valence-corrected chi connectivity index (χ2v) is 5.73. The minimum atomic E-state index is 0.396. The first-order valence-corrected chi connectivity index (χ1v) is 7.91. The molecule has 0 aliphatic heterocycles. The van der Waals surface area contributed by atoms with Gasteiger partial charge in [-0.05, 0) is 59.2 Å². The van der Waals surface area contributed by atoms with E-state index in [1.807, 2.05) is 17.6 Å². The first-order chi connectivity index (χ1) is 9.65. The van der Waals surface area contributed by atoms with Gasteiger partial charge in [-0.25, -0.2) is 0 Å². The number of rotatable bonds is 6. The fraction of sp³-hybridized carbons (Fsp3) is 0.429. The van der Waals surface area contributed by atoms with Crippen molar-refractivity contribution in [1.29, 1.82) is 0 Å². The summed E-state index contributed by atoms with van der Waals surface area (Å²) in [6.45, 7) is 5.38. The lowest BCUT2D eigenvalue weighted by Gasteiger charge is -2.10. The van der Waals surface area contributed by atoms with Crippen molar-refractivity contribution in [1.82, 2.24) is 14.8 Å². The first-order valence-electron chi connectivity index (χ1n) is 6.71. The van der Waals surface area contributed by atoms with Crippen molar-refractivity contribution in [3.8, 4) is 5.75 Å². The van der Waals surface area contributed by atoms with E-state index in [2.05, 4.69) is 45.2 Å². The number of halogens is 1. The van der Waals surface area contributed by atoms with Crippen molar-refractivity contribution in [2.24, 2.45) is 0 Å². The number of aromatic nitrogens is 3. The summed E-state index contributed by atoms with van der Waals surface area (Å²) >= 11 is 8.71. The van der Waals surface area contributed by atoms with Gasteiger partial charge in [0.1, 0.15) is 12.4 Å². The number of nitrogens with zero attached hydrogens (tertiary/aromatic N) is 2. The van der Waals surface area contributed by atoms with E-state index in [0.717, 1.165) is 35.4 Å². The highest BCUT2D eigenvalue weighted by Gasteiger charge is 2.07. The number of hydrogen-bond donors (Lipinski definition) is 1. The summed E-state index contributed by atoms with van der Waals surface area (Å²) in [6.07, 6.45) is 2.21. The van der Waals surface area contributed by atoms with Gasteiger partial charge in [0, 0.05) is 6.54 Å². The molecule has 1 N–H and O–H groups in total. The highest BCUT2D eigenvalue weighted by molar-refractivity contribution is 9.10. The van der Waals surface area contributed by atoms with Gasteiger partial charge >= 0.3 is 0 Å². The molecule has 0 fully saturated rings. The number of ether oxygens (including phenoxy) is 1. The third-order valence-corrected chi connectivity index (χ3v) is 3.98. The molecule has 0 unspecified atom stereocenters. The summed E-state index contributed by atoms with van der Waals surface area (Å²) < 4.78 is 9.34. The summed E-state index contributed by atoms with van der Waals surface area (Å²) in [7, 11) is 0. The van der Waals surface area contributed by atoms with E-state index in [9.17, 15) is 0 Å². The van der Waals surface area contributed by atoms with Crippen LogP contribution in [0.25, 0.3) is 0 Å². The maximum absolute atomic E-state index is 5.82. The molecule has 0 saturated heterocycles. The Balaban J connectivity index is 2.09. The molecular formula is C14H18BrN3OS. The fourth-order valence-electron chi connectivity index (χ4n) is 2.03. The lowest BCUT2D eigenvalue weighted by Crippen LogP contribution is -2.06. The summed E-state index contributed by atoms with van der Waals surface area (Å²) in [4.78, 5) is 0. The number of hydrogen-bond acceptors (Lipinski definition) is 3. The van der Waals surface area contributed by atoms with E-state index in [4.69, 9.17) is 17.0 Å². The van der Waals surface area contributed by atoms with E-state index >= 15 is 0 Å². The number of aryl methyl sites for hydroxylation is 1. The van der Waals surface area contributed by atoms with Gasteiger partial charge in [0.05, 0.1) is 4.47 Å². The largest absolute Gasteiger partial charge is 0.484 e. The van der Waals surface area contributed by atoms with Crippen LogP contribution in [0.3, 0.4) is 0 Å². The summed E-state index contributed by atoms with van der Waals surface area (Å²) in [5.41, 5.74) is 1.31. The predicted molar refractivity (Wildman–Crippen MR) is 85.6 cm³/mol. The van der Waals surface area contributed by atoms with Crippen LogP contribution in [0.1, 0.15) is 31.7 Å². The van der Waals surface area contributed by atoms with Crippen molar-refractivity contribution < 1.29 is 4.74 Å². The third kappa shape index (κ3) is 3.49. The van der Waals surface area contributed by atoms with Gasteiger partial charge in [0.2, 0.25) is 0 Å². The quantitative estimate of drug-likeness (QED) is 0.787. The van der Waals surface area contributed by atoms with E-state index in [-0.39, 0.29) is 0 Å². The van der Waals surface area contributed by atoms with Gasteiger partial charge in [-0.15, -0.1) is 0 Å². The third-order valence-electron chi connectivity index (χ3n) is 3.05. The Bertz CT molecular complexity index is 636. The molecule has 108 valence electrons.